The summed E-state index contributed by atoms with van der Waals surface area (Å²) in [6, 6.07) is 0. The van der Waals surface area contributed by atoms with Crippen LogP contribution < -0.4 is 24.8 Å². The van der Waals surface area contributed by atoms with Crippen LogP contribution in [0.25, 0.3) is 0 Å². The molecule has 0 heterocycles. The summed E-state index contributed by atoms with van der Waals surface area (Å²) in [7, 11) is 0. The van der Waals surface area contributed by atoms with Gasteiger partial charge in [0.1, 0.15) is 0 Å². The van der Waals surface area contributed by atoms with E-state index in [0.29, 0.717) is 11.8 Å². The SMILES string of the molecule is CC1=[C-]C(C)C(C2=C(C)C(C)=CC2C)=C1C.[Cl-].[Cl-].[Hf]. The largest absolute Gasteiger partial charge is 1.00 e. The Balaban J connectivity index is 0. The molecule has 2 aliphatic carbocycles. The van der Waals surface area contributed by atoms with Gasteiger partial charge in [-0.1, -0.05) is 43.9 Å². The molecule has 0 aromatic rings. The molecule has 0 saturated carbocycles. The predicted octanol–water partition coefficient (Wildman–Crippen LogP) is -1.38. The maximum atomic E-state index is 3.53. The van der Waals surface area contributed by atoms with Gasteiger partial charge in [-0.3, -0.25) is 6.08 Å². The van der Waals surface area contributed by atoms with Crippen molar-refractivity contribution in [1.82, 2.24) is 0 Å². The van der Waals surface area contributed by atoms with E-state index in [1.54, 1.807) is 5.57 Å². The molecule has 0 radical (unpaired) electrons. The minimum Gasteiger partial charge on any atom is -1.00 e. The van der Waals surface area contributed by atoms with Gasteiger partial charge in [-0.15, -0.1) is 12.5 Å². The van der Waals surface area contributed by atoms with Crippen LogP contribution in [0.15, 0.2) is 39.5 Å². The van der Waals surface area contributed by atoms with Crippen LogP contribution in [0.5, 0.6) is 0 Å². The molecule has 0 aromatic carbocycles. The Labute approximate surface area is 149 Å². The predicted molar refractivity (Wildman–Crippen MR) is 69.9 cm³/mol. The molecule has 0 aliphatic heterocycles. The summed E-state index contributed by atoms with van der Waals surface area (Å²) in [6.07, 6.45) is 5.91. The van der Waals surface area contributed by atoms with Gasteiger partial charge in [0, 0.05) is 25.8 Å². The van der Waals surface area contributed by atoms with Crippen LogP contribution in [0, 0.1) is 17.9 Å². The van der Waals surface area contributed by atoms with Crippen LogP contribution in [-0.2, 0) is 25.8 Å². The van der Waals surface area contributed by atoms with Crippen LogP contribution in [0.2, 0.25) is 0 Å². The van der Waals surface area contributed by atoms with Crippen molar-refractivity contribution in [1.29, 1.82) is 0 Å². The maximum absolute atomic E-state index is 3.53. The second-order valence-electron chi connectivity index (χ2n) is 5.21. The minimum atomic E-state index is 0. The van der Waals surface area contributed by atoms with Gasteiger partial charge < -0.3 is 24.8 Å². The van der Waals surface area contributed by atoms with Gasteiger partial charge in [0.25, 0.3) is 0 Å². The summed E-state index contributed by atoms with van der Waals surface area (Å²) >= 11 is 0. The molecule has 0 fully saturated rings. The van der Waals surface area contributed by atoms with Crippen LogP contribution in [0.3, 0.4) is 0 Å². The molecule has 2 rings (SSSR count). The Hall–Kier alpha value is 0.410. The first-order chi connectivity index (χ1) is 7.43. The van der Waals surface area contributed by atoms with Crippen molar-refractivity contribution in [2.75, 3.05) is 0 Å². The molecule has 2 aliphatic rings. The second kappa shape index (κ2) is 8.00. The molecule has 3 heteroatoms. The first-order valence-electron chi connectivity index (χ1n) is 6.14. The fraction of sp³-hybridized carbons (Fsp3) is 0.500. The summed E-state index contributed by atoms with van der Waals surface area (Å²) in [4.78, 5) is 0. The average Bonchev–Trinajstić information content (AvgIpc) is 2.57. The fourth-order valence-electron chi connectivity index (χ4n) is 3.05. The van der Waals surface area contributed by atoms with Crippen molar-refractivity contribution in [3.05, 3.63) is 45.6 Å². The molecule has 106 valence electrons. The zero-order valence-corrected chi connectivity index (χ0v) is 17.6. The molecule has 19 heavy (non-hydrogen) atoms. The van der Waals surface area contributed by atoms with E-state index in [1.165, 1.54) is 27.9 Å². The Kier molecular flexibility index (Phi) is 9.14. The van der Waals surface area contributed by atoms with Gasteiger partial charge in [0.05, 0.1) is 0 Å². The summed E-state index contributed by atoms with van der Waals surface area (Å²) in [5, 5.41) is 0. The molecule has 2 atom stereocenters. The standard InChI is InChI=1S/C16H21.2ClH.Hf/c1-9-7-11(3)15(13(9)5)16-12(4)8-10(2)14(16)6;;;/h7,11-12H,1-6H3;2*1H;/q-1;;;/p-2. The van der Waals surface area contributed by atoms with Crippen molar-refractivity contribution in [2.45, 2.75) is 41.5 Å². The molecule has 0 saturated heterocycles. The number of hydrogen-bond donors (Lipinski definition) is 0. The third-order valence-corrected chi connectivity index (χ3v) is 4.07. The summed E-state index contributed by atoms with van der Waals surface area (Å²) in [6.45, 7) is 13.5. The second-order valence-corrected chi connectivity index (χ2v) is 5.21. The van der Waals surface area contributed by atoms with Crippen LogP contribution >= 0.6 is 0 Å². The quantitative estimate of drug-likeness (QED) is 0.333. The van der Waals surface area contributed by atoms with Gasteiger partial charge in [0.2, 0.25) is 0 Å². The summed E-state index contributed by atoms with van der Waals surface area (Å²) < 4.78 is 0. The molecule has 0 nitrogen and oxygen atoms in total. The van der Waals surface area contributed by atoms with Crippen LogP contribution in [0.1, 0.15) is 41.5 Å². The minimum absolute atomic E-state index is 0. The molecular formula is C16H21Cl2Hf-3. The van der Waals surface area contributed by atoms with E-state index < -0.39 is 0 Å². The molecule has 0 N–H and O–H groups in total. The Morgan fingerprint density at radius 3 is 1.74 bits per heavy atom. The van der Waals surface area contributed by atoms with Crippen LogP contribution in [-0.4, -0.2) is 0 Å². The first kappa shape index (κ1) is 21.7. The van der Waals surface area contributed by atoms with E-state index in [2.05, 4.69) is 53.7 Å². The molecule has 2 unspecified atom stereocenters. The van der Waals surface area contributed by atoms with E-state index in [4.69, 9.17) is 0 Å². The number of allylic oxidation sites excluding steroid dienone is 8. The summed E-state index contributed by atoms with van der Waals surface area (Å²) in [5.74, 6) is 1.03. The fourth-order valence-corrected chi connectivity index (χ4v) is 3.05. The van der Waals surface area contributed by atoms with Crippen molar-refractivity contribution < 1.29 is 50.7 Å². The average molecular weight is 463 g/mol. The van der Waals surface area contributed by atoms with E-state index >= 15 is 0 Å². The van der Waals surface area contributed by atoms with E-state index in [9.17, 15) is 0 Å². The Morgan fingerprint density at radius 1 is 0.895 bits per heavy atom. The van der Waals surface area contributed by atoms with Crippen molar-refractivity contribution >= 4 is 0 Å². The molecule has 0 spiro atoms. The van der Waals surface area contributed by atoms with E-state index in [-0.39, 0.29) is 50.7 Å². The Bertz CT molecular complexity index is 423. The van der Waals surface area contributed by atoms with Gasteiger partial charge in [-0.25, -0.2) is 5.57 Å². The molecule has 0 amide bonds. The van der Waals surface area contributed by atoms with E-state index in [0.717, 1.165) is 0 Å². The maximum Gasteiger partial charge on any atom is 0 e. The van der Waals surface area contributed by atoms with Crippen molar-refractivity contribution in [3.63, 3.8) is 0 Å². The van der Waals surface area contributed by atoms with Crippen molar-refractivity contribution in [2.24, 2.45) is 11.8 Å². The number of rotatable bonds is 1. The number of halogens is 2. The smallest absolute Gasteiger partial charge is 0 e. The normalized spacial score (nSPS) is 25.4. The van der Waals surface area contributed by atoms with Crippen LogP contribution in [0.4, 0.5) is 0 Å². The topological polar surface area (TPSA) is 0 Å². The number of hydrogen-bond acceptors (Lipinski definition) is 0. The molecule has 0 aromatic heterocycles. The zero-order valence-electron chi connectivity index (χ0n) is 12.5. The molecular weight excluding hydrogens is 442 g/mol. The van der Waals surface area contributed by atoms with E-state index in [1.807, 2.05) is 0 Å². The monoisotopic (exact) mass is 463 g/mol. The zero-order chi connectivity index (χ0) is 12.0. The third-order valence-electron chi connectivity index (χ3n) is 4.07. The van der Waals surface area contributed by atoms with Crippen molar-refractivity contribution in [3.8, 4) is 0 Å². The summed E-state index contributed by atoms with van der Waals surface area (Å²) in [5.41, 5.74) is 8.77. The molecule has 0 bridgehead atoms. The third kappa shape index (κ3) is 3.74. The van der Waals surface area contributed by atoms with Gasteiger partial charge >= 0.3 is 0 Å². The van der Waals surface area contributed by atoms with Gasteiger partial charge in [-0.2, -0.15) is 5.57 Å². The first-order valence-corrected chi connectivity index (χ1v) is 6.14. The Morgan fingerprint density at radius 2 is 1.42 bits per heavy atom. The van der Waals surface area contributed by atoms with Gasteiger partial charge in [0.15, 0.2) is 0 Å². The van der Waals surface area contributed by atoms with Gasteiger partial charge in [-0.05, 0) is 25.3 Å².